The van der Waals surface area contributed by atoms with Crippen LogP contribution in [0.1, 0.15) is 25.3 Å². The molecule has 1 rings (SSSR count). The summed E-state index contributed by atoms with van der Waals surface area (Å²) >= 11 is 0. The molecule has 0 heterocycles. The summed E-state index contributed by atoms with van der Waals surface area (Å²) in [5.74, 6) is 0.585. The Morgan fingerprint density at radius 2 is 2.17 bits per heavy atom. The third kappa shape index (κ3) is 4.65. The number of hydrogen-bond donors (Lipinski definition) is 1. The lowest BCUT2D eigenvalue weighted by atomic mass is 10.2. The fraction of sp³-hybridized carbons (Fsp3) is 0.500. The van der Waals surface area contributed by atoms with Gasteiger partial charge >= 0.3 is 5.97 Å². The van der Waals surface area contributed by atoms with Gasteiger partial charge in [0.05, 0.1) is 13.7 Å². The van der Waals surface area contributed by atoms with Crippen LogP contribution in [0.3, 0.4) is 0 Å². The first-order valence-electron chi connectivity index (χ1n) is 6.21. The minimum atomic E-state index is -0.223. The first-order valence-corrected chi connectivity index (χ1v) is 6.21. The normalized spacial score (nSPS) is 9.94. The molecule has 0 aliphatic rings. The number of unbranched alkanes of at least 4 members (excludes halogenated alkanes) is 1. The maximum atomic E-state index is 11.4. The molecule has 0 amide bonds. The van der Waals surface area contributed by atoms with Crippen LogP contribution in [0.2, 0.25) is 0 Å². The minimum absolute atomic E-state index is 0.191. The zero-order valence-electron chi connectivity index (χ0n) is 11.3. The number of hydrogen-bond acceptors (Lipinski definition) is 4. The van der Waals surface area contributed by atoms with Gasteiger partial charge in [-0.15, -0.1) is 0 Å². The first-order chi connectivity index (χ1) is 8.67. The van der Waals surface area contributed by atoms with Gasteiger partial charge in [-0.3, -0.25) is 4.79 Å². The van der Waals surface area contributed by atoms with Crippen molar-refractivity contribution in [2.24, 2.45) is 0 Å². The molecule has 4 nitrogen and oxygen atoms in total. The summed E-state index contributed by atoms with van der Waals surface area (Å²) in [7, 11) is 1.63. The van der Waals surface area contributed by atoms with Crippen molar-refractivity contribution >= 4 is 11.7 Å². The van der Waals surface area contributed by atoms with E-state index in [9.17, 15) is 4.79 Å². The molecule has 0 aliphatic heterocycles. The van der Waals surface area contributed by atoms with Crippen LogP contribution in [-0.4, -0.2) is 26.2 Å². The number of anilines is 1. The Hall–Kier alpha value is -1.71. The van der Waals surface area contributed by atoms with Gasteiger partial charge in [-0.25, -0.2) is 0 Å². The predicted molar refractivity (Wildman–Crippen MR) is 72.1 cm³/mol. The molecule has 0 atom stereocenters. The van der Waals surface area contributed by atoms with Crippen molar-refractivity contribution in [3.63, 3.8) is 0 Å². The maximum absolute atomic E-state index is 11.4. The maximum Gasteiger partial charge on any atom is 0.325 e. The van der Waals surface area contributed by atoms with E-state index in [0.29, 0.717) is 6.61 Å². The number of carbonyl (C=O) groups is 1. The van der Waals surface area contributed by atoms with Crippen LogP contribution in [-0.2, 0) is 9.53 Å². The highest BCUT2D eigenvalue weighted by atomic mass is 16.5. The lowest BCUT2D eigenvalue weighted by molar-refractivity contribution is -0.141. The number of benzene rings is 1. The van der Waals surface area contributed by atoms with Gasteiger partial charge in [0, 0.05) is 5.69 Å². The summed E-state index contributed by atoms with van der Waals surface area (Å²) < 4.78 is 10.2. The zero-order chi connectivity index (χ0) is 13.4. The van der Waals surface area contributed by atoms with Gasteiger partial charge in [0.2, 0.25) is 0 Å². The molecule has 1 aromatic rings. The average Bonchev–Trinajstić information content (AvgIpc) is 2.37. The van der Waals surface area contributed by atoms with E-state index >= 15 is 0 Å². The van der Waals surface area contributed by atoms with Crippen LogP contribution in [0.15, 0.2) is 18.2 Å². The van der Waals surface area contributed by atoms with Crippen LogP contribution in [0.5, 0.6) is 5.75 Å². The Morgan fingerprint density at radius 3 is 2.78 bits per heavy atom. The number of carbonyl (C=O) groups excluding carboxylic acids is 1. The molecule has 18 heavy (non-hydrogen) atoms. The fourth-order valence-electron chi connectivity index (χ4n) is 1.51. The number of rotatable bonds is 7. The summed E-state index contributed by atoms with van der Waals surface area (Å²) in [6.07, 6.45) is 1.94. The molecule has 0 saturated heterocycles. The van der Waals surface area contributed by atoms with Crippen LogP contribution < -0.4 is 10.1 Å². The summed E-state index contributed by atoms with van der Waals surface area (Å²) in [4.78, 5) is 11.4. The van der Waals surface area contributed by atoms with Crippen molar-refractivity contribution in [1.29, 1.82) is 0 Å². The largest absolute Gasteiger partial charge is 0.497 e. The highest BCUT2D eigenvalue weighted by molar-refractivity contribution is 5.75. The summed E-state index contributed by atoms with van der Waals surface area (Å²) in [5.41, 5.74) is 1.96. The minimum Gasteiger partial charge on any atom is -0.497 e. The monoisotopic (exact) mass is 251 g/mol. The Kier molecular flexibility index (Phi) is 6.05. The second-order valence-corrected chi connectivity index (χ2v) is 4.11. The van der Waals surface area contributed by atoms with E-state index < -0.39 is 0 Å². The molecule has 4 heteroatoms. The summed E-state index contributed by atoms with van der Waals surface area (Å²) in [6.45, 7) is 4.72. The van der Waals surface area contributed by atoms with Gasteiger partial charge in [-0.05, 0) is 37.1 Å². The number of methoxy groups -OCH3 is 1. The van der Waals surface area contributed by atoms with E-state index in [0.717, 1.165) is 29.8 Å². The van der Waals surface area contributed by atoms with Crippen molar-refractivity contribution in [3.05, 3.63) is 23.8 Å². The summed E-state index contributed by atoms with van der Waals surface area (Å²) in [5, 5.41) is 3.06. The molecule has 0 bridgehead atoms. The van der Waals surface area contributed by atoms with E-state index in [1.54, 1.807) is 7.11 Å². The molecule has 0 unspecified atom stereocenters. The third-order valence-corrected chi connectivity index (χ3v) is 2.62. The lowest BCUT2D eigenvalue weighted by Gasteiger charge is -2.10. The van der Waals surface area contributed by atoms with Crippen molar-refractivity contribution < 1.29 is 14.3 Å². The van der Waals surface area contributed by atoms with Gasteiger partial charge in [0.25, 0.3) is 0 Å². The number of aryl methyl sites for hydroxylation is 1. The van der Waals surface area contributed by atoms with Gasteiger partial charge in [0.1, 0.15) is 12.3 Å². The van der Waals surface area contributed by atoms with E-state index in [-0.39, 0.29) is 12.5 Å². The Labute approximate surface area is 108 Å². The average molecular weight is 251 g/mol. The van der Waals surface area contributed by atoms with E-state index in [1.165, 1.54) is 0 Å². The number of nitrogens with one attached hydrogen (secondary N) is 1. The predicted octanol–water partition coefficient (Wildman–Crippen LogP) is 2.76. The van der Waals surface area contributed by atoms with E-state index in [2.05, 4.69) is 12.2 Å². The van der Waals surface area contributed by atoms with Gasteiger partial charge < -0.3 is 14.8 Å². The molecule has 100 valence electrons. The highest BCUT2D eigenvalue weighted by Gasteiger charge is 2.04. The SMILES string of the molecule is CCCCOC(=O)CNc1ccc(OC)cc1C. The van der Waals surface area contributed by atoms with Crippen LogP contribution in [0.4, 0.5) is 5.69 Å². The summed E-state index contributed by atoms with van der Waals surface area (Å²) in [6, 6.07) is 5.68. The Balaban J connectivity index is 2.41. The molecule has 0 spiro atoms. The third-order valence-electron chi connectivity index (χ3n) is 2.62. The topological polar surface area (TPSA) is 47.6 Å². The zero-order valence-corrected chi connectivity index (χ0v) is 11.3. The van der Waals surface area contributed by atoms with Crippen LogP contribution >= 0.6 is 0 Å². The van der Waals surface area contributed by atoms with Gasteiger partial charge in [-0.2, -0.15) is 0 Å². The first kappa shape index (κ1) is 14.4. The molecule has 0 aliphatic carbocycles. The number of ether oxygens (including phenoxy) is 2. The lowest BCUT2D eigenvalue weighted by Crippen LogP contribution is -2.17. The van der Waals surface area contributed by atoms with Crippen molar-refractivity contribution in [3.8, 4) is 5.75 Å². The highest BCUT2D eigenvalue weighted by Crippen LogP contribution is 2.20. The second-order valence-electron chi connectivity index (χ2n) is 4.11. The Bertz CT molecular complexity index is 391. The molecule has 1 aromatic carbocycles. The van der Waals surface area contributed by atoms with Crippen LogP contribution in [0, 0.1) is 6.92 Å². The second kappa shape index (κ2) is 7.58. The van der Waals surface area contributed by atoms with E-state index in [1.807, 2.05) is 25.1 Å². The molecule has 0 saturated carbocycles. The van der Waals surface area contributed by atoms with E-state index in [4.69, 9.17) is 9.47 Å². The molecular formula is C14H21NO3. The number of esters is 1. The van der Waals surface area contributed by atoms with Crippen molar-refractivity contribution in [2.75, 3.05) is 25.6 Å². The molecule has 1 N–H and O–H groups in total. The molecule has 0 aromatic heterocycles. The molecule has 0 radical (unpaired) electrons. The van der Waals surface area contributed by atoms with Crippen molar-refractivity contribution in [2.45, 2.75) is 26.7 Å². The smallest absolute Gasteiger partial charge is 0.325 e. The van der Waals surface area contributed by atoms with Gasteiger partial charge in [-0.1, -0.05) is 13.3 Å². The van der Waals surface area contributed by atoms with Crippen LogP contribution in [0.25, 0.3) is 0 Å². The van der Waals surface area contributed by atoms with Gasteiger partial charge in [0.15, 0.2) is 0 Å². The fourth-order valence-corrected chi connectivity index (χ4v) is 1.51. The molecule has 0 fully saturated rings. The quantitative estimate of drug-likeness (QED) is 0.598. The van der Waals surface area contributed by atoms with Crippen molar-refractivity contribution in [1.82, 2.24) is 0 Å². The Morgan fingerprint density at radius 1 is 1.39 bits per heavy atom. The standard InChI is InChI=1S/C14H21NO3/c1-4-5-8-18-14(16)10-15-13-7-6-12(17-3)9-11(13)2/h6-7,9,15H,4-5,8,10H2,1-3H3. The molecular weight excluding hydrogens is 230 g/mol.